The predicted octanol–water partition coefficient (Wildman–Crippen LogP) is 4.64. The quantitative estimate of drug-likeness (QED) is 0.792. The van der Waals surface area contributed by atoms with E-state index in [4.69, 9.17) is 0 Å². The van der Waals surface area contributed by atoms with Crippen molar-refractivity contribution >= 4 is 15.9 Å². The number of nitrogens with one attached hydrogen (secondary N) is 1. The van der Waals surface area contributed by atoms with Crippen LogP contribution in [0.1, 0.15) is 38.2 Å². The minimum Gasteiger partial charge on any atom is -0.312 e. The fraction of sp³-hybridized carbons (Fsp3) is 0.600. The highest BCUT2D eigenvalue weighted by Crippen LogP contribution is 2.29. The number of hydrogen-bond acceptors (Lipinski definition) is 1. The van der Waals surface area contributed by atoms with Gasteiger partial charge in [0.2, 0.25) is 0 Å². The molecule has 0 amide bonds. The van der Waals surface area contributed by atoms with Crippen molar-refractivity contribution in [2.75, 3.05) is 6.54 Å². The van der Waals surface area contributed by atoms with Crippen LogP contribution in [0.5, 0.6) is 0 Å². The van der Waals surface area contributed by atoms with Gasteiger partial charge in [0.25, 0.3) is 0 Å². The van der Waals surface area contributed by atoms with E-state index in [1.807, 2.05) is 0 Å². The molecule has 2 rings (SSSR count). The maximum absolute atomic E-state index is 13.8. The van der Waals surface area contributed by atoms with Crippen molar-refractivity contribution in [2.24, 2.45) is 11.8 Å². The Bertz CT molecular complexity index is 436. The van der Waals surface area contributed by atoms with Crippen LogP contribution in [0.15, 0.2) is 16.6 Å². The summed E-state index contributed by atoms with van der Waals surface area (Å²) in [4.78, 5) is 0. The zero-order valence-corrected chi connectivity index (χ0v) is 12.8. The lowest BCUT2D eigenvalue weighted by atomic mass is 9.80. The molecule has 0 spiro atoms. The van der Waals surface area contributed by atoms with E-state index in [0.29, 0.717) is 16.3 Å². The molecule has 0 bridgehead atoms. The largest absolute Gasteiger partial charge is 0.312 e. The van der Waals surface area contributed by atoms with E-state index >= 15 is 0 Å². The predicted molar refractivity (Wildman–Crippen MR) is 76.9 cm³/mol. The van der Waals surface area contributed by atoms with Gasteiger partial charge in [-0.3, -0.25) is 0 Å². The van der Waals surface area contributed by atoms with Gasteiger partial charge < -0.3 is 5.32 Å². The Morgan fingerprint density at radius 3 is 2.74 bits per heavy atom. The van der Waals surface area contributed by atoms with Gasteiger partial charge in [-0.2, -0.15) is 0 Å². The summed E-state index contributed by atoms with van der Waals surface area (Å²) >= 11 is 3.09. The van der Waals surface area contributed by atoms with Crippen molar-refractivity contribution in [3.8, 4) is 0 Å². The van der Waals surface area contributed by atoms with Gasteiger partial charge in [-0.1, -0.05) is 26.2 Å². The van der Waals surface area contributed by atoms with Crippen LogP contribution < -0.4 is 5.32 Å². The molecule has 1 aromatic carbocycles. The van der Waals surface area contributed by atoms with Gasteiger partial charge in [0, 0.05) is 12.1 Å². The molecule has 19 heavy (non-hydrogen) atoms. The van der Waals surface area contributed by atoms with Crippen LogP contribution in [0.25, 0.3) is 0 Å². The first-order chi connectivity index (χ1) is 9.09. The molecule has 0 aromatic heterocycles. The molecule has 0 radical (unpaired) electrons. The van der Waals surface area contributed by atoms with Crippen molar-refractivity contribution in [3.05, 3.63) is 33.8 Å². The normalized spacial score (nSPS) is 23.6. The first kappa shape index (κ1) is 14.9. The van der Waals surface area contributed by atoms with Gasteiger partial charge in [-0.25, -0.2) is 8.78 Å². The molecule has 0 heterocycles. The Balaban J connectivity index is 1.90. The Hall–Kier alpha value is -0.480. The van der Waals surface area contributed by atoms with Crippen molar-refractivity contribution in [3.63, 3.8) is 0 Å². The average Bonchev–Trinajstić information content (AvgIpc) is 2.40. The van der Waals surface area contributed by atoms with Crippen LogP contribution >= 0.6 is 15.9 Å². The van der Waals surface area contributed by atoms with E-state index < -0.39 is 11.6 Å². The fourth-order valence-electron chi connectivity index (χ4n) is 2.81. The van der Waals surface area contributed by atoms with Crippen LogP contribution in [0.3, 0.4) is 0 Å². The van der Waals surface area contributed by atoms with Crippen molar-refractivity contribution < 1.29 is 8.78 Å². The highest BCUT2D eigenvalue weighted by atomic mass is 79.9. The minimum atomic E-state index is -0.496. The highest BCUT2D eigenvalue weighted by Gasteiger charge is 2.21. The monoisotopic (exact) mass is 331 g/mol. The molecule has 2 unspecified atom stereocenters. The molecule has 1 aromatic rings. The van der Waals surface area contributed by atoms with Gasteiger partial charge in [-0.15, -0.1) is 0 Å². The summed E-state index contributed by atoms with van der Waals surface area (Å²) in [5, 5.41) is 3.21. The lowest BCUT2D eigenvalue weighted by Gasteiger charge is -2.29. The van der Waals surface area contributed by atoms with Crippen LogP contribution in [-0.4, -0.2) is 6.54 Å². The molecule has 0 saturated heterocycles. The van der Waals surface area contributed by atoms with Crippen LogP contribution in [0.4, 0.5) is 8.78 Å². The highest BCUT2D eigenvalue weighted by molar-refractivity contribution is 9.10. The first-order valence-electron chi connectivity index (χ1n) is 6.92. The van der Waals surface area contributed by atoms with Gasteiger partial charge in [0.15, 0.2) is 0 Å². The van der Waals surface area contributed by atoms with Gasteiger partial charge in [0.05, 0.1) is 4.47 Å². The van der Waals surface area contributed by atoms with Crippen LogP contribution in [-0.2, 0) is 6.54 Å². The first-order valence-corrected chi connectivity index (χ1v) is 7.72. The number of halogens is 3. The van der Waals surface area contributed by atoms with Crippen molar-refractivity contribution in [1.29, 1.82) is 0 Å². The standard InChI is InChI=1S/C15H20BrF2N/c1-10-4-2-3-5-11(10)8-19-9-12-14(17)7-6-13(16)15(12)18/h6-7,10-11,19H,2-5,8-9H2,1H3. The van der Waals surface area contributed by atoms with Crippen LogP contribution in [0.2, 0.25) is 0 Å². The second-order valence-electron chi connectivity index (χ2n) is 5.47. The van der Waals surface area contributed by atoms with E-state index in [2.05, 4.69) is 28.2 Å². The number of benzene rings is 1. The topological polar surface area (TPSA) is 12.0 Å². The maximum atomic E-state index is 13.8. The van der Waals surface area contributed by atoms with Crippen molar-refractivity contribution in [1.82, 2.24) is 5.32 Å². The lowest BCUT2D eigenvalue weighted by Crippen LogP contribution is -2.29. The summed E-state index contributed by atoms with van der Waals surface area (Å²) in [6.07, 6.45) is 5.08. The summed E-state index contributed by atoms with van der Waals surface area (Å²) < 4.78 is 27.7. The molecular formula is C15H20BrF2N. The molecule has 1 aliphatic rings. The molecule has 0 aliphatic heterocycles. The van der Waals surface area contributed by atoms with E-state index in [9.17, 15) is 8.78 Å². The Kier molecular flexibility index (Phi) is 5.34. The van der Waals surface area contributed by atoms with Crippen molar-refractivity contribution in [2.45, 2.75) is 39.2 Å². The average molecular weight is 332 g/mol. The molecule has 4 heteroatoms. The number of hydrogen-bond donors (Lipinski definition) is 1. The third kappa shape index (κ3) is 3.76. The fourth-order valence-corrected chi connectivity index (χ4v) is 3.18. The maximum Gasteiger partial charge on any atom is 0.144 e. The molecule has 1 nitrogen and oxygen atoms in total. The molecule has 2 atom stereocenters. The molecule has 1 fully saturated rings. The zero-order chi connectivity index (χ0) is 13.8. The summed E-state index contributed by atoms with van der Waals surface area (Å²) in [5.41, 5.74) is 0.123. The lowest BCUT2D eigenvalue weighted by molar-refractivity contribution is 0.247. The molecule has 1 saturated carbocycles. The SMILES string of the molecule is CC1CCCCC1CNCc1c(F)ccc(Br)c1F. The minimum absolute atomic E-state index is 0.123. The van der Waals surface area contributed by atoms with E-state index in [-0.39, 0.29) is 12.1 Å². The number of rotatable bonds is 4. The molecule has 106 valence electrons. The summed E-state index contributed by atoms with van der Waals surface area (Å²) in [7, 11) is 0. The summed E-state index contributed by atoms with van der Waals surface area (Å²) in [5.74, 6) is 0.361. The third-order valence-corrected chi connectivity index (χ3v) is 4.75. The van der Waals surface area contributed by atoms with E-state index in [1.54, 1.807) is 0 Å². The van der Waals surface area contributed by atoms with E-state index in [0.717, 1.165) is 6.54 Å². The summed E-state index contributed by atoms with van der Waals surface area (Å²) in [6, 6.07) is 2.70. The Morgan fingerprint density at radius 2 is 2.00 bits per heavy atom. The zero-order valence-electron chi connectivity index (χ0n) is 11.2. The van der Waals surface area contributed by atoms with Gasteiger partial charge in [0.1, 0.15) is 11.6 Å². The van der Waals surface area contributed by atoms with Gasteiger partial charge >= 0.3 is 0 Å². The molecule has 1 aliphatic carbocycles. The Labute approximate surface area is 121 Å². The second-order valence-corrected chi connectivity index (χ2v) is 6.33. The second kappa shape index (κ2) is 6.80. The molecule has 1 N–H and O–H groups in total. The molecular weight excluding hydrogens is 312 g/mol. The Morgan fingerprint density at radius 1 is 1.26 bits per heavy atom. The smallest absolute Gasteiger partial charge is 0.144 e. The third-order valence-electron chi connectivity index (χ3n) is 4.14. The van der Waals surface area contributed by atoms with E-state index in [1.165, 1.54) is 37.8 Å². The summed E-state index contributed by atoms with van der Waals surface area (Å²) in [6.45, 7) is 3.36. The van der Waals surface area contributed by atoms with Crippen LogP contribution in [0, 0.1) is 23.5 Å². The van der Waals surface area contributed by atoms with Gasteiger partial charge in [-0.05, 0) is 52.9 Å².